The van der Waals surface area contributed by atoms with Crippen molar-refractivity contribution in [3.05, 3.63) is 64.7 Å². The molecule has 4 N–H and O–H groups in total. The van der Waals surface area contributed by atoms with E-state index in [1.807, 2.05) is 0 Å². The highest BCUT2D eigenvalue weighted by Gasteiger charge is 2.38. The number of fused-ring (bicyclic) bond motifs is 2. The number of hydrogen-bond donors (Lipinski definition) is 3. The molecule has 1 aliphatic carbocycles. The molecule has 0 spiro atoms. The molecular weight excluding hydrogens is 473 g/mol. The molecule has 0 amide bonds. The summed E-state index contributed by atoms with van der Waals surface area (Å²) in [6, 6.07) is 11.4. The number of rotatable bonds is 8. The molecule has 12 heteroatoms. The molecular formula is C23H23F3N2O7. The lowest BCUT2D eigenvalue weighted by Gasteiger charge is -2.20. The van der Waals surface area contributed by atoms with E-state index in [-0.39, 0.29) is 24.8 Å². The number of nitrogens with one attached hydrogen (secondary N) is 1. The Morgan fingerprint density at radius 3 is 2.11 bits per heavy atom. The predicted octanol–water partition coefficient (Wildman–Crippen LogP) is 2.41. The van der Waals surface area contributed by atoms with Crippen molar-refractivity contribution in [2.45, 2.75) is 19.1 Å². The number of aliphatic carboxylic acids is 1. The molecule has 1 aliphatic rings. The number of esters is 1. The van der Waals surface area contributed by atoms with Crippen molar-refractivity contribution in [3.63, 3.8) is 0 Å². The number of nitrogens with two attached hydrogens (primary N) is 1. The number of benzene rings is 2. The van der Waals surface area contributed by atoms with E-state index >= 15 is 0 Å². The van der Waals surface area contributed by atoms with E-state index in [0.717, 1.165) is 0 Å². The van der Waals surface area contributed by atoms with E-state index in [2.05, 4.69) is 5.32 Å². The number of carboxylic acid groups (broad SMARTS) is 1. The van der Waals surface area contributed by atoms with Crippen molar-refractivity contribution < 1.29 is 46.9 Å². The number of ether oxygens (including phenoxy) is 2. The van der Waals surface area contributed by atoms with E-state index in [0.29, 0.717) is 41.1 Å². The standard InChI is InChI=1S/C21H22N2O5.C2HF3O2/c1-13(22)21(26)28-12-11-27-10-9-23-17-8-4-7-16-18(17)20(25)15-6-3-2-5-14(15)19(16)24;3-2(4,5)1(6)7/h2-8,13,23H,9-12,22H2,1H3;(H,6,7)/t13-;/m1./s1. The average molecular weight is 496 g/mol. The zero-order valence-corrected chi connectivity index (χ0v) is 18.6. The highest BCUT2D eigenvalue weighted by Crippen LogP contribution is 2.31. The van der Waals surface area contributed by atoms with Gasteiger partial charge in [-0.2, -0.15) is 13.2 Å². The van der Waals surface area contributed by atoms with Crippen molar-refractivity contribution in [1.29, 1.82) is 0 Å². The highest BCUT2D eigenvalue weighted by molar-refractivity contribution is 6.30. The maximum absolute atomic E-state index is 12.9. The molecule has 0 radical (unpaired) electrons. The largest absolute Gasteiger partial charge is 0.490 e. The zero-order chi connectivity index (χ0) is 26.2. The molecule has 2 aromatic carbocycles. The van der Waals surface area contributed by atoms with Gasteiger partial charge in [0.2, 0.25) is 0 Å². The summed E-state index contributed by atoms with van der Waals surface area (Å²) in [5.41, 5.74) is 7.62. The van der Waals surface area contributed by atoms with Crippen LogP contribution < -0.4 is 11.1 Å². The first-order valence-electron chi connectivity index (χ1n) is 10.3. The maximum atomic E-state index is 12.9. The van der Waals surface area contributed by atoms with Gasteiger partial charge in [0.25, 0.3) is 0 Å². The minimum atomic E-state index is -5.08. The van der Waals surface area contributed by atoms with Crippen molar-refractivity contribution >= 4 is 29.2 Å². The normalized spacial score (nSPS) is 13.1. The van der Waals surface area contributed by atoms with E-state index in [1.165, 1.54) is 0 Å². The second-order valence-electron chi connectivity index (χ2n) is 7.23. The fourth-order valence-corrected chi connectivity index (χ4v) is 2.98. The molecule has 35 heavy (non-hydrogen) atoms. The summed E-state index contributed by atoms with van der Waals surface area (Å²) >= 11 is 0. The van der Waals surface area contributed by atoms with Gasteiger partial charge in [-0.3, -0.25) is 14.4 Å². The van der Waals surface area contributed by atoms with Gasteiger partial charge < -0.3 is 25.6 Å². The summed E-state index contributed by atoms with van der Waals surface area (Å²) in [7, 11) is 0. The first-order valence-corrected chi connectivity index (χ1v) is 10.3. The molecule has 0 fully saturated rings. The molecule has 1 atom stereocenters. The minimum Gasteiger partial charge on any atom is -0.475 e. The third-order valence-electron chi connectivity index (χ3n) is 4.60. The fourth-order valence-electron chi connectivity index (χ4n) is 2.98. The Morgan fingerprint density at radius 2 is 1.54 bits per heavy atom. The van der Waals surface area contributed by atoms with Crippen LogP contribution in [0.5, 0.6) is 0 Å². The van der Waals surface area contributed by atoms with E-state index in [4.69, 9.17) is 25.1 Å². The van der Waals surface area contributed by atoms with Crippen LogP contribution in [0.3, 0.4) is 0 Å². The Kier molecular flexibility index (Phi) is 9.49. The third kappa shape index (κ3) is 7.36. The summed E-state index contributed by atoms with van der Waals surface area (Å²) < 4.78 is 42.0. The maximum Gasteiger partial charge on any atom is 0.490 e. The fraction of sp³-hybridized carbons (Fsp3) is 0.304. The van der Waals surface area contributed by atoms with Gasteiger partial charge in [-0.25, -0.2) is 4.79 Å². The number of halogens is 3. The van der Waals surface area contributed by atoms with Gasteiger partial charge in [0.15, 0.2) is 11.6 Å². The Hall–Kier alpha value is -3.77. The van der Waals surface area contributed by atoms with Crippen molar-refractivity contribution in [2.75, 3.05) is 31.7 Å². The molecule has 0 bridgehead atoms. The van der Waals surface area contributed by atoms with Gasteiger partial charge in [-0.05, 0) is 13.0 Å². The van der Waals surface area contributed by atoms with Crippen LogP contribution in [0.1, 0.15) is 38.8 Å². The lowest BCUT2D eigenvalue weighted by molar-refractivity contribution is -0.192. The SMILES string of the molecule is C[C@@H](N)C(=O)OCCOCCNc1cccc2c1C(=O)c1ccccc1C2=O.O=C(O)C(F)(F)F. The topological polar surface area (TPSA) is 145 Å². The Morgan fingerprint density at radius 1 is 0.971 bits per heavy atom. The molecule has 0 unspecified atom stereocenters. The van der Waals surface area contributed by atoms with Gasteiger partial charge in [0.1, 0.15) is 12.6 Å². The van der Waals surface area contributed by atoms with E-state index < -0.39 is 24.2 Å². The van der Waals surface area contributed by atoms with E-state index in [1.54, 1.807) is 49.4 Å². The Balaban J connectivity index is 0.000000540. The number of ketones is 2. The predicted molar refractivity (Wildman–Crippen MR) is 117 cm³/mol. The van der Waals surface area contributed by atoms with Crippen LogP contribution >= 0.6 is 0 Å². The van der Waals surface area contributed by atoms with Gasteiger partial charge in [-0.1, -0.05) is 36.4 Å². The Labute approximate surface area is 198 Å². The molecule has 0 saturated carbocycles. The molecule has 0 aromatic heterocycles. The quantitative estimate of drug-likeness (QED) is 0.316. The van der Waals surface area contributed by atoms with Crippen molar-refractivity contribution in [2.24, 2.45) is 5.73 Å². The van der Waals surface area contributed by atoms with Crippen LogP contribution in [-0.4, -0.2) is 67.2 Å². The number of carbonyl (C=O) groups excluding carboxylic acids is 3. The molecule has 0 heterocycles. The molecule has 2 aromatic rings. The smallest absolute Gasteiger partial charge is 0.475 e. The van der Waals surface area contributed by atoms with Crippen molar-refractivity contribution in [1.82, 2.24) is 0 Å². The van der Waals surface area contributed by atoms with Crippen LogP contribution in [0.15, 0.2) is 42.5 Å². The summed E-state index contributed by atoms with van der Waals surface area (Å²) in [4.78, 5) is 45.7. The average Bonchev–Trinajstić information content (AvgIpc) is 2.81. The van der Waals surface area contributed by atoms with Crippen LogP contribution in [0.4, 0.5) is 18.9 Å². The van der Waals surface area contributed by atoms with Crippen LogP contribution in [0.25, 0.3) is 0 Å². The highest BCUT2D eigenvalue weighted by atomic mass is 19.4. The minimum absolute atomic E-state index is 0.130. The first kappa shape index (κ1) is 27.5. The van der Waals surface area contributed by atoms with Crippen LogP contribution in [0, 0.1) is 0 Å². The number of carboxylic acids is 1. The summed E-state index contributed by atoms with van der Waals surface area (Å²) in [5.74, 6) is -3.55. The lowest BCUT2D eigenvalue weighted by Crippen LogP contribution is -2.29. The summed E-state index contributed by atoms with van der Waals surface area (Å²) in [6.07, 6.45) is -5.08. The number of alkyl halides is 3. The van der Waals surface area contributed by atoms with Gasteiger partial charge in [0.05, 0.1) is 18.8 Å². The molecule has 0 aliphatic heterocycles. The van der Waals surface area contributed by atoms with E-state index in [9.17, 15) is 27.6 Å². The molecule has 9 nitrogen and oxygen atoms in total. The van der Waals surface area contributed by atoms with Gasteiger partial charge >= 0.3 is 18.1 Å². The number of carbonyl (C=O) groups is 4. The molecule has 0 saturated heterocycles. The lowest BCUT2D eigenvalue weighted by atomic mass is 9.83. The van der Waals surface area contributed by atoms with Gasteiger partial charge in [-0.15, -0.1) is 0 Å². The zero-order valence-electron chi connectivity index (χ0n) is 18.6. The third-order valence-corrected chi connectivity index (χ3v) is 4.60. The van der Waals surface area contributed by atoms with Crippen molar-refractivity contribution in [3.8, 4) is 0 Å². The van der Waals surface area contributed by atoms with Gasteiger partial charge in [0, 0.05) is 28.9 Å². The second kappa shape index (κ2) is 12.1. The summed E-state index contributed by atoms with van der Waals surface area (Å²) in [6.45, 7) is 2.71. The van der Waals surface area contributed by atoms with Crippen LogP contribution in [0.2, 0.25) is 0 Å². The second-order valence-corrected chi connectivity index (χ2v) is 7.23. The van der Waals surface area contributed by atoms with Crippen LogP contribution in [-0.2, 0) is 19.1 Å². The first-order chi connectivity index (χ1) is 16.4. The number of anilines is 1. The number of hydrogen-bond acceptors (Lipinski definition) is 8. The molecule has 188 valence electrons. The summed E-state index contributed by atoms with van der Waals surface area (Å²) in [5, 5.41) is 10.3. The monoisotopic (exact) mass is 496 g/mol. The molecule has 3 rings (SSSR count). The Bertz CT molecular complexity index is 1100.